The second-order valence-corrected chi connectivity index (χ2v) is 4.37. The maximum Gasteiger partial charge on any atom is 0.137 e. The predicted molar refractivity (Wildman–Crippen MR) is 58.2 cm³/mol. The van der Waals surface area contributed by atoms with Gasteiger partial charge in [-0.2, -0.15) is 0 Å². The summed E-state index contributed by atoms with van der Waals surface area (Å²) in [5.74, 6) is -0.259. The Bertz CT molecular complexity index is 352. The standard InChI is InChI=1S/C11H12BrFO2/c1-7(14-5-8-6-15-8)9-3-2-4-10(13)11(9)12/h2-4,7-8H,5-6H2,1H3. The van der Waals surface area contributed by atoms with Gasteiger partial charge in [-0.1, -0.05) is 12.1 Å². The largest absolute Gasteiger partial charge is 0.371 e. The van der Waals surface area contributed by atoms with Gasteiger partial charge >= 0.3 is 0 Å². The van der Waals surface area contributed by atoms with Crippen molar-refractivity contribution in [3.05, 3.63) is 34.1 Å². The summed E-state index contributed by atoms with van der Waals surface area (Å²) in [6.45, 7) is 3.25. The molecule has 1 aliphatic rings. The second kappa shape index (κ2) is 4.60. The van der Waals surface area contributed by atoms with Crippen LogP contribution < -0.4 is 0 Å². The first-order chi connectivity index (χ1) is 7.18. The molecule has 0 saturated carbocycles. The number of hydrogen-bond donors (Lipinski definition) is 0. The van der Waals surface area contributed by atoms with Crippen molar-refractivity contribution in [2.24, 2.45) is 0 Å². The highest BCUT2D eigenvalue weighted by atomic mass is 79.9. The van der Waals surface area contributed by atoms with Gasteiger partial charge in [0, 0.05) is 0 Å². The van der Waals surface area contributed by atoms with Crippen LogP contribution >= 0.6 is 15.9 Å². The minimum absolute atomic E-state index is 0.126. The lowest BCUT2D eigenvalue weighted by Crippen LogP contribution is -2.07. The quantitative estimate of drug-likeness (QED) is 0.788. The Hall–Kier alpha value is -0.450. The predicted octanol–water partition coefficient (Wildman–Crippen LogP) is 3.06. The smallest absolute Gasteiger partial charge is 0.137 e. The van der Waals surface area contributed by atoms with E-state index in [1.807, 2.05) is 13.0 Å². The van der Waals surface area contributed by atoms with Gasteiger partial charge in [0.05, 0.1) is 23.8 Å². The fraction of sp³-hybridized carbons (Fsp3) is 0.455. The molecule has 82 valence electrons. The average molecular weight is 275 g/mol. The second-order valence-electron chi connectivity index (χ2n) is 3.57. The highest BCUT2D eigenvalue weighted by Crippen LogP contribution is 2.28. The molecule has 2 rings (SSSR count). The van der Waals surface area contributed by atoms with E-state index in [0.717, 1.165) is 12.2 Å². The lowest BCUT2D eigenvalue weighted by Gasteiger charge is -2.14. The molecule has 1 fully saturated rings. The van der Waals surface area contributed by atoms with Gasteiger partial charge < -0.3 is 9.47 Å². The van der Waals surface area contributed by atoms with Gasteiger partial charge in [0.2, 0.25) is 0 Å². The summed E-state index contributed by atoms with van der Waals surface area (Å²) < 4.78 is 24.3. The molecular weight excluding hydrogens is 263 g/mol. The fourth-order valence-corrected chi connectivity index (χ4v) is 1.93. The van der Waals surface area contributed by atoms with Crippen LogP contribution in [0, 0.1) is 5.82 Å². The highest BCUT2D eigenvalue weighted by Gasteiger charge is 2.24. The van der Waals surface area contributed by atoms with Crippen molar-refractivity contribution in [2.45, 2.75) is 19.1 Å². The van der Waals surface area contributed by atoms with Crippen molar-refractivity contribution < 1.29 is 13.9 Å². The van der Waals surface area contributed by atoms with Crippen molar-refractivity contribution in [2.75, 3.05) is 13.2 Å². The van der Waals surface area contributed by atoms with Crippen LogP contribution in [-0.2, 0) is 9.47 Å². The lowest BCUT2D eigenvalue weighted by atomic mass is 10.1. The molecule has 1 heterocycles. The maximum absolute atomic E-state index is 13.2. The Morgan fingerprint density at radius 3 is 3.07 bits per heavy atom. The molecular formula is C11H12BrFO2. The first kappa shape index (κ1) is 11.0. The molecule has 2 nitrogen and oxygen atoms in total. The average Bonchev–Trinajstić information content (AvgIpc) is 3.02. The Balaban J connectivity index is 2.02. The zero-order valence-corrected chi connectivity index (χ0v) is 9.96. The first-order valence-corrected chi connectivity index (χ1v) is 5.65. The molecule has 1 aromatic carbocycles. The highest BCUT2D eigenvalue weighted by molar-refractivity contribution is 9.10. The molecule has 0 aliphatic carbocycles. The van der Waals surface area contributed by atoms with Gasteiger partial charge in [-0.3, -0.25) is 0 Å². The van der Waals surface area contributed by atoms with E-state index in [1.165, 1.54) is 6.07 Å². The molecule has 0 radical (unpaired) electrons. The third-order valence-corrected chi connectivity index (χ3v) is 3.19. The van der Waals surface area contributed by atoms with E-state index >= 15 is 0 Å². The summed E-state index contributed by atoms with van der Waals surface area (Å²) in [4.78, 5) is 0. The van der Waals surface area contributed by atoms with E-state index in [1.54, 1.807) is 6.07 Å². The fourth-order valence-electron chi connectivity index (χ4n) is 1.34. The Kier molecular flexibility index (Phi) is 3.38. The maximum atomic E-state index is 13.2. The molecule has 0 aromatic heterocycles. The van der Waals surface area contributed by atoms with Crippen molar-refractivity contribution in [1.82, 2.24) is 0 Å². The summed E-state index contributed by atoms with van der Waals surface area (Å²) in [5.41, 5.74) is 0.829. The molecule has 0 amide bonds. The number of ether oxygens (including phenoxy) is 2. The number of halogens is 2. The van der Waals surface area contributed by atoms with Gasteiger partial charge in [-0.15, -0.1) is 0 Å². The zero-order chi connectivity index (χ0) is 10.8. The van der Waals surface area contributed by atoms with Gasteiger partial charge in [-0.25, -0.2) is 4.39 Å². The van der Waals surface area contributed by atoms with Crippen molar-refractivity contribution in [1.29, 1.82) is 0 Å². The van der Waals surface area contributed by atoms with Crippen LogP contribution in [0.3, 0.4) is 0 Å². The molecule has 0 bridgehead atoms. The van der Waals surface area contributed by atoms with Crippen LogP contribution in [0.4, 0.5) is 4.39 Å². The summed E-state index contributed by atoms with van der Waals surface area (Å²) >= 11 is 3.22. The topological polar surface area (TPSA) is 21.8 Å². The number of benzene rings is 1. The van der Waals surface area contributed by atoms with Gasteiger partial charge in [0.1, 0.15) is 11.9 Å². The Morgan fingerprint density at radius 1 is 1.67 bits per heavy atom. The minimum atomic E-state index is -0.259. The van der Waals surface area contributed by atoms with Gasteiger partial charge in [0.15, 0.2) is 0 Å². The Morgan fingerprint density at radius 2 is 2.40 bits per heavy atom. The molecule has 2 atom stereocenters. The van der Waals surface area contributed by atoms with Crippen LogP contribution in [0.2, 0.25) is 0 Å². The first-order valence-electron chi connectivity index (χ1n) is 4.85. The summed E-state index contributed by atoms with van der Waals surface area (Å²) in [7, 11) is 0. The van der Waals surface area contributed by atoms with Crippen LogP contribution in [0.1, 0.15) is 18.6 Å². The molecule has 2 unspecified atom stereocenters. The molecule has 0 spiro atoms. The number of hydrogen-bond acceptors (Lipinski definition) is 2. The summed E-state index contributed by atoms with van der Waals surface area (Å²) in [5, 5.41) is 0. The third-order valence-electron chi connectivity index (χ3n) is 2.35. The van der Waals surface area contributed by atoms with E-state index in [2.05, 4.69) is 15.9 Å². The van der Waals surface area contributed by atoms with Gasteiger partial charge in [-0.05, 0) is 34.5 Å². The SMILES string of the molecule is CC(OCC1CO1)c1cccc(F)c1Br. The summed E-state index contributed by atoms with van der Waals surface area (Å²) in [6.07, 6.45) is 0.110. The van der Waals surface area contributed by atoms with E-state index in [0.29, 0.717) is 11.1 Å². The third kappa shape index (κ3) is 2.77. The Labute approximate surface area is 96.5 Å². The van der Waals surface area contributed by atoms with Crippen LogP contribution in [-0.4, -0.2) is 19.3 Å². The molecule has 15 heavy (non-hydrogen) atoms. The monoisotopic (exact) mass is 274 g/mol. The molecule has 4 heteroatoms. The van der Waals surface area contributed by atoms with Gasteiger partial charge in [0.25, 0.3) is 0 Å². The molecule has 0 N–H and O–H groups in total. The van der Waals surface area contributed by atoms with Crippen LogP contribution in [0.25, 0.3) is 0 Å². The number of rotatable bonds is 4. The normalized spacial score (nSPS) is 21.4. The van der Waals surface area contributed by atoms with E-state index in [-0.39, 0.29) is 18.0 Å². The van der Waals surface area contributed by atoms with Crippen molar-refractivity contribution >= 4 is 15.9 Å². The van der Waals surface area contributed by atoms with E-state index in [4.69, 9.17) is 9.47 Å². The van der Waals surface area contributed by atoms with E-state index in [9.17, 15) is 4.39 Å². The van der Waals surface area contributed by atoms with Crippen molar-refractivity contribution in [3.8, 4) is 0 Å². The molecule has 1 saturated heterocycles. The van der Waals surface area contributed by atoms with E-state index < -0.39 is 0 Å². The minimum Gasteiger partial charge on any atom is -0.371 e. The number of epoxide rings is 1. The summed E-state index contributed by atoms with van der Waals surface area (Å²) in [6, 6.07) is 4.96. The van der Waals surface area contributed by atoms with Crippen LogP contribution in [0.15, 0.2) is 22.7 Å². The lowest BCUT2D eigenvalue weighted by molar-refractivity contribution is 0.0533. The van der Waals surface area contributed by atoms with Crippen LogP contribution in [0.5, 0.6) is 0 Å². The zero-order valence-electron chi connectivity index (χ0n) is 8.37. The van der Waals surface area contributed by atoms with Crippen molar-refractivity contribution in [3.63, 3.8) is 0 Å². The molecule has 1 aliphatic heterocycles. The molecule has 1 aromatic rings.